The van der Waals surface area contributed by atoms with Gasteiger partial charge in [-0.15, -0.1) is 0 Å². The number of carbonyl (C=O) groups excluding carboxylic acids is 1. The van der Waals surface area contributed by atoms with E-state index in [-0.39, 0.29) is 24.5 Å². The lowest BCUT2D eigenvalue weighted by molar-refractivity contribution is -0.158. The molecule has 0 saturated carbocycles. The molecule has 0 saturated heterocycles. The fraction of sp³-hybridized carbons (Fsp3) is 0.286. The molecule has 4 rings (SSSR count). The van der Waals surface area contributed by atoms with Gasteiger partial charge >= 0.3 is 11.9 Å². The number of benzene rings is 3. The van der Waals surface area contributed by atoms with Crippen LogP contribution in [0.5, 0.6) is 5.75 Å². The summed E-state index contributed by atoms with van der Waals surface area (Å²) in [4.78, 5) is 24.7. The lowest BCUT2D eigenvalue weighted by Gasteiger charge is -2.21. The van der Waals surface area contributed by atoms with Gasteiger partial charge in [-0.3, -0.25) is 9.59 Å². The van der Waals surface area contributed by atoms with Crippen LogP contribution in [0.1, 0.15) is 43.4 Å². The summed E-state index contributed by atoms with van der Waals surface area (Å²) in [6, 6.07) is 23.2. The van der Waals surface area contributed by atoms with Crippen molar-refractivity contribution >= 4 is 11.9 Å². The number of rotatable bonds is 7. The molecular weight excluding hydrogens is 416 g/mol. The van der Waals surface area contributed by atoms with Crippen LogP contribution in [0.3, 0.4) is 0 Å². The molecule has 0 fully saturated rings. The van der Waals surface area contributed by atoms with Crippen molar-refractivity contribution in [2.24, 2.45) is 5.92 Å². The Morgan fingerprint density at radius 2 is 1.42 bits per heavy atom. The largest absolute Gasteiger partial charge is 0.488 e. The number of ether oxygens (including phenoxy) is 2. The van der Waals surface area contributed by atoms with Crippen LogP contribution in [0.2, 0.25) is 0 Å². The van der Waals surface area contributed by atoms with Gasteiger partial charge in [-0.25, -0.2) is 0 Å². The van der Waals surface area contributed by atoms with Crippen molar-refractivity contribution in [1.29, 1.82) is 0 Å². The molecule has 0 aliphatic heterocycles. The Morgan fingerprint density at radius 3 is 1.94 bits per heavy atom. The number of carbonyl (C=O) groups is 2. The topological polar surface area (TPSA) is 72.8 Å². The molecule has 1 atom stereocenters. The molecule has 0 heterocycles. The molecule has 0 amide bonds. The molecular formula is C28H28O5. The van der Waals surface area contributed by atoms with E-state index in [0.717, 1.165) is 27.8 Å². The first kappa shape index (κ1) is 22.6. The van der Waals surface area contributed by atoms with Gasteiger partial charge in [0, 0.05) is 5.92 Å². The molecule has 170 valence electrons. The molecule has 1 aliphatic rings. The highest BCUT2D eigenvalue weighted by atomic mass is 16.5. The van der Waals surface area contributed by atoms with Gasteiger partial charge in [-0.2, -0.15) is 0 Å². The molecule has 33 heavy (non-hydrogen) atoms. The molecule has 3 aromatic carbocycles. The average molecular weight is 445 g/mol. The first-order chi connectivity index (χ1) is 15.7. The summed E-state index contributed by atoms with van der Waals surface area (Å²) in [5.41, 5.74) is 4.84. The van der Waals surface area contributed by atoms with Gasteiger partial charge < -0.3 is 14.6 Å². The third-order valence-electron chi connectivity index (χ3n) is 5.72. The number of carboxylic acid groups (broad SMARTS) is 1. The molecule has 1 aliphatic carbocycles. The second kappa shape index (κ2) is 9.10. The molecule has 0 bridgehead atoms. The third-order valence-corrected chi connectivity index (χ3v) is 5.72. The van der Waals surface area contributed by atoms with Crippen molar-refractivity contribution in [3.63, 3.8) is 0 Å². The molecule has 5 heteroatoms. The van der Waals surface area contributed by atoms with Gasteiger partial charge in [0.1, 0.15) is 18.0 Å². The summed E-state index contributed by atoms with van der Waals surface area (Å²) in [5.74, 6) is -2.60. The molecule has 0 unspecified atom stereocenters. The van der Waals surface area contributed by atoms with Crippen LogP contribution < -0.4 is 4.74 Å². The normalized spacial score (nSPS) is 13.7. The van der Waals surface area contributed by atoms with Crippen LogP contribution in [0, 0.1) is 5.92 Å². The number of esters is 1. The van der Waals surface area contributed by atoms with Gasteiger partial charge in [0.15, 0.2) is 5.92 Å². The Morgan fingerprint density at radius 1 is 0.879 bits per heavy atom. The van der Waals surface area contributed by atoms with Gasteiger partial charge in [-0.1, -0.05) is 60.7 Å². The van der Waals surface area contributed by atoms with Crippen LogP contribution in [0.25, 0.3) is 11.1 Å². The van der Waals surface area contributed by atoms with E-state index in [4.69, 9.17) is 9.47 Å². The van der Waals surface area contributed by atoms with Crippen LogP contribution in [-0.4, -0.2) is 29.3 Å². The molecule has 3 aromatic rings. The fourth-order valence-corrected chi connectivity index (χ4v) is 4.26. The van der Waals surface area contributed by atoms with Gasteiger partial charge in [-0.05, 0) is 67.1 Å². The maximum Gasteiger partial charge on any atom is 0.320 e. The van der Waals surface area contributed by atoms with E-state index in [0.29, 0.717) is 5.75 Å². The minimum absolute atomic E-state index is 0.0573. The van der Waals surface area contributed by atoms with Crippen molar-refractivity contribution in [2.75, 3.05) is 6.61 Å². The van der Waals surface area contributed by atoms with Crippen molar-refractivity contribution < 1.29 is 24.2 Å². The van der Waals surface area contributed by atoms with E-state index in [1.807, 2.05) is 57.2 Å². The Labute approximate surface area is 194 Å². The highest BCUT2D eigenvalue weighted by molar-refractivity contribution is 5.94. The molecule has 0 radical (unpaired) electrons. The van der Waals surface area contributed by atoms with Gasteiger partial charge in [0.25, 0.3) is 0 Å². The van der Waals surface area contributed by atoms with Crippen molar-refractivity contribution in [3.05, 3.63) is 89.5 Å². The molecule has 5 nitrogen and oxygen atoms in total. The Hall–Kier alpha value is -3.60. The second-order valence-electron chi connectivity index (χ2n) is 9.31. The van der Waals surface area contributed by atoms with Crippen molar-refractivity contribution in [3.8, 4) is 16.9 Å². The predicted octanol–water partition coefficient (Wildman–Crippen LogP) is 5.46. The number of hydrogen-bond acceptors (Lipinski definition) is 4. The molecule has 1 N–H and O–H groups in total. The number of fused-ring (bicyclic) bond motifs is 3. The first-order valence-corrected chi connectivity index (χ1v) is 11.1. The number of aliphatic carboxylic acids is 1. The number of carboxylic acids is 1. The quantitative estimate of drug-likeness (QED) is 0.387. The molecule has 0 spiro atoms. The third kappa shape index (κ3) is 5.08. The van der Waals surface area contributed by atoms with Crippen molar-refractivity contribution in [2.45, 2.75) is 38.7 Å². The summed E-state index contributed by atoms with van der Waals surface area (Å²) in [5, 5.41) is 9.69. The van der Waals surface area contributed by atoms with E-state index >= 15 is 0 Å². The van der Waals surface area contributed by atoms with Gasteiger partial charge in [0.2, 0.25) is 0 Å². The van der Waals surface area contributed by atoms with Gasteiger partial charge in [0.05, 0.1) is 0 Å². The highest BCUT2D eigenvalue weighted by Crippen LogP contribution is 2.44. The summed E-state index contributed by atoms with van der Waals surface area (Å²) in [6.07, 6.45) is 0.0573. The number of hydrogen-bond donors (Lipinski definition) is 1. The zero-order valence-electron chi connectivity index (χ0n) is 19.1. The molecule has 0 aromatic heterocycles. The van der Waals surface area contributed by atoms with Crippen LogP contribution in [-0.2, 0) is 20.7 Å². The van der Waals surface area contributed by atoms with Crippen molar-refractivity contribution in [1.82, 2.24) is 0 Å². The van der Waals surface area contributed by atoms with Crippen LogP contribution in [0.15, 0.2) is 72.8 Å². The van der Waals surface area contributed by atoms with E-state index in [2.05, 4.69) is 12.1 Å². The summed E-state index contributed by atoms with van der Waals surface area (Å²) in [6.45, 7) is 5.98. The second-order valence-corrected chi connectivity index (χ2v) is 9.31. The summed E-state index contributed by atoms with van der Waals surface area (Å²) in [7, 11) is 0. The smallest absolute Gasteiger partial charge is 0.320 e. The zero-order chi connectivity index (χ0) is 23.6. The Kier molecular flexibility index (Phi) is 6.23. The fourth-order valence-electron chi connectivity index (χ4n) is 4.26. The predicted molar refractivity (Wildman–Crippen MR) is 126 cm³/mol. The van der Waals surface area contributed by atoms with E-state index in [1.165, 1.54) is 0 Å². The summed E-state index contributed by atoms with van der Waals surface area (Å²) < 4.78 is 11.4. The Balaban J connectivity index is 1.45. The van der Waals surface area contributed by atoms with E-state index in [1.54, 1.807) is 24.3 Å². The lowest BCUT2D eigenvalue weighted by Crippen LogP contribution is -2.29. The van der Waals surface area contributed by atoms with Crippen LogP contribution in [0.4, 0.5) is 0 Å². The van der Waals surface area contributed by atoms with E-state index in [9.17, 15) is 14.7 Å². The maximum absolute atomic E-state index is 12.8. The maximum atomic E-state index is 12.8. The zero-order valence-corrected chi connectivity index (χ0v) is 19.1. The SMILES string of the molecule is CC(C)(C)Oc1ccc(C[C@@H](C(=O)O)C(=O)OCC2c3ccccc3-c3ccccc32)cc1. The first-order valence-electron chi connectivity index (χ1n) is 11.1. The van der Waals surface area contributed by atoms with E-state index < -0.39 is 17.9 Å². The Bertz CT molecular complexity index is 1110. The minimum atomic E-state index is -1.27. The monoisotopic (exact) mass is 444 g/mol. The van der Waals surface area contributed by atoms with Crippen LogP contribution >= 0.6 is 0 Å². The minimum Gasteiger partial charge on any atom is -0.488 e. The lowest BCUT2D eigenvalue weighted by atomic mass is 9.97. The highest BCUT2D eigenvalue weighted by Gasteiger charge is 2.32. The standard InChI is InChI=1S/C28H28O5/c1-28(2,3)33-19-14-12-18(13-15-19)16-24(26(29)30)27(31)32-17-25-22-10-6-4-8-20(22)21-9-5-7-11-23(21)25/h4-15,24-25H,16-17H2,1-3H3,(H,29,30)/t24-/m0/s1. The summed E-state index contributed by atoms with van der Waals surface area (Å²) >= 11 is 0. The average Bonchev–Trinajstić information content (AvgIpc) is 3.09.